The van der Waals surface area contributed by atoms with Crippen molar-refractivity contribution in [2.75, 3.05) is 5.32 Å². The highest BCUT2D eigenvalue weighted by Gasteiger charge is 2.19. The predicted octanol–water partition coefficient (Wildman–Crippen LogP) is 2.48. The zero-order chi connectivity index (χ0) is 19.5. The summed E-state index contributed by atoms with van der Waals surface area (Å²) < 4.78 is 1.52. The summed E-state index contributed by atoms with van der Waals surface area (Å²) >= 11 is 0. The summed E-state index contributed by atoms with van der Waals surface area (Å²) in [6, 6.07) is 16.3. The fourth-order valence-corrected chi connectivity index (χ4v) is 2.86. The molecule has 0 aliphatic carbocycles. The lowest BCUT2D eigenvalue weighted by Crippen LogP contribution is -2.13. The standard InChI is InChI=1S/C19H14N8O/c1-12-17(14-4-2-3-13(9-14)10-20)18(24-23-12)19(28)22-15-5-7-16(8-6-15)27-11-21-25-26-27/h2-9,11H,1H3,(H,22,28)(H,23,24). The Morgan fingerprint density at radius 3 is 2.75 bits per heavy atom. The second-order valence-corrected chi connectivity index (χ2v) is 6.01. The Hall–Kier alpha value is -4.32. The van der Waals surface area contributed by atoms with Crippen LogP contribution in [0.1, 0.15) is 21.7 Å². The summed E-state index contributed by atoms with van der Waals surface area (Å²) in [4.78, 5) is 12.8. The maximum atomic E-state index is 12.8. The number of H-pyrrole nitrogens is 1. The number of aromatic amines is 1. The van der Waals surface area contributed by atoms with Crippen molar-refractivity contribution < 1.29 is 4.79 Å². The van der Waals surface area contributed by atoms with Gasteiger partial charge < -0.3 is 5.32 Å². The van der Waals surface area contributed by atoms with Gasteiger partial charge in [0.05, 0.1) is 23.0 Å². The van der Waals surface area contributed by atoms with Gasteiger partial charge in [-0.1, -0.05) is 12.1 Å². The minimum Gasteiger partial charge on any atom is -0.321 e. The number of hydrogen-bond donors (Lipinski definition) is 2. The highest BCUT2D eigenvalue weighted by Crippen LogP contribution is 2.27. The van der Waals surface area contributed by atoms with Gasteiger partial charge in [0, 0.05) is 11.3 Å². The van der Waals surface area contributed by atoms with Gasteiger partial charge in [0.15, 0.2) is 0 Å². The second-order valence-electron chi connectivity index (χ2n) is 6.01. The number of amides is 1. The van der Waals surface area contributed by atoms with Crippen LogP contribution in [0.5, 0.6) is 0 Å². The number of nitrogens with zero attached hydrogens (tertiary/aromatic N) is 6. The van der Waals surface area contributed by atoms with E-state index in [0.29, 0.717) is 28.2 Å². The highest BCUT2D eigenvalue weighted by molar-refractivity contribution is 6.07. The van der Waals surface area contributed by atoms with Crippen molar-refractivity contribution in [1.82, 2.24) is 30.4 Å². The van der Waals surface area contributed by atoms with Crippen LogP contribution >= 0.6 is 0 Å². The van der Waals surface area contributed by atoms with Crippen molar-refractivity contribution in [3.05, 3.63) is 71.8 Å². The summed E-state index contributed by atoms with van der Waals surface area (Å²) in [5.74, 6) is -0.326. The third-order valence-electron chi connectivity index (χ3n) is 4.19. The van der Waals surface area contributed by atoms with Gasteiger partial charge in [0.25, 0.3) is 5.91 Å². The molecule has 0 saturated carbocycles. The molecule has 0 spiro atoms. The van der Waals surface area contributed by atoms with Crippen LogP contribution in [-0.4, -0.2) is 36.3 Å². The topological polar surface area (TPSA) is 125 Å². The summed E-state index contributed by atoms with van der Waals surface area (Å²) in [6.45, 7) is 1.81. The van der Waals surface area contributed by atoms with Crippen molar-refractivity contribution in [3.8, 4) is 22.9 Å². The van der Waals surface area contributed by atoms with Crippen LogP contribution in [0.4, 0.5) is 5.69 Å². The predicted molar refractivity (Wildman–Crippen MR) is 101 cm³/mol. The van der Waals surface area contributed by atoms with Gasteiger partial charge in [-0.05, 0) is 59.3 Å². The molecule has 0 radical (unpaired) electrons. The maximum absolute atomic E-state index is 12.8. The first kappa shape index (κ1) is 17.1. The van der Waals surface area contributed by atoms with Gasteiger partial charge >= 0.3 is 0 Å². The van der Waals surface area contributed by atoms with Crippen LogP contribution in [0, 0.1) is 18.3 Å². The number of aryl methyl sites for hydroxylation is 1. The zero-order valence-corrected chi connectivity index (χ0v) is 14.8. The number of carbonyl (C=O) groups is 1. The van der Waals surface area contributed by atoms with E-state index in [4.69, 9.17) is 5.26 Å². The van der Waals surface area contributed by atoms with Crippen molar-refractivity contribution in [2.45, 2.75) is 6.92 Å². The van der Waals surface area contributed by atoms with Crippen LogP contribution in [0.15, 0.2) is 54.9 Å². The third-order valence-corrected chi connectivity index (χ3v) is 4.19. The van der Waals surface area contributed by atoms with Crippen LogP contribution in [0.25, 0.3) is 16.8 Å². The Morgan fingerprint density at radius 2 is 2.04 bits per heavy atom. The van der Waals surface area contributed by atoms with Gasteiger partial charge in [0.1, 0.15) is 12.0 Å². The molecular weight excluding hydrogens is 356 g/mol. The first-order chi connectivity index (χ1) is 13.7. The number of anilines is 1. The summed E-state index contributed by atoms with van der Waals surface area (Å²) in [5.41, 5.74) is 4.33. The van der Waals surface area contributed by atoms with Gasteiger partial charge in [-0.3, -0.25) is 9.89 Å². The van der Waals surface area contributed by atoms with Gasteiger partial charge in [0.2, 0.25) is 0 Å². The van der Waals surface area contributed by atoms with Gasteiger partial charge in [-0.2, -0.15) is 10.4 Å². The number of nitriles is 1. The second kappa shape index (κ2) is 7.13. The molecule has 2 aromatic carbocycles. The van der Waals surface area contributed by atoms with E-state index < -0.39 is 0 Å². The number of nitrogens with one attached hydrogen (secondary N) is 2. The SMILES string of the molecule is Cc1n[nH]c(C(=O)Nc2ccc(-n3cnnn3)cc2)c1-c1cccc(C#N)c1. The molecule has 2 N–H and O–H groups in total. The van der Waals surface area contributed by atoms with E-state index >= 15 is 0 Å². The van der Waals surface area contributed by atoms with Crippen LogP contribution in [0.2, 0.25) is 0 Å². The van der Waals surface area contributed by atoms with Gasteiger partial charge in [-0.25, -0.2) is 4.68 Å². The number of tetrazole rings is 1. The van der Waals surface area contributed by atoms with Crippen LogP contribution < -0.4 is 5.32 Å². The molecule has 4 aromatic rings. The molecule has 9 heteroatoms. The molecule has 28 heavy (non-hydrogen) atoms. The molecule has 1 amide bonds. The first-order valence-electron chi connectivity index (χ1n) is 8.36. The molecule has 4 rings (SSSR count). The molecular formula is C19H14N8O. The Bertz CT molecular complexity index is 1170. The molecule has 9 nitrogen and oxygen atoms in total. The lowest BCUT2D eigenvalue weighted by molar-refractivity contribution is 0.102. The fourth-order valence-electron chi connectivity index (χ4n) is 2.86. The number of aromatic nitrogens is 6. The summed E-state index contributed by atoms with van der Waals surface area (Å²) in [5, 5.41) is 29.9. The largest absolute Gasteiger partial charge is 0.321 e. The lowest BCUT2D eigenvalue weighted by atomic mass is 10.0. The van der Waals surface area contributed by atoms with Crippen LogP contribution in [-0.2, 0) is 0 Å². The minimum atomic E-state index is -0.326. The van der Waals surface area contributed by atoms with Crippen molar-refractivity contribution in [3.63, 3.8) is 0 Å². The average molecular weight is 370 g/mol. The van der Waals surface area contributed by atoms with E-state index in [0.717, 1.165) is 11.3 Å². The lowest BCUT2D eigenvalue weighted by Gasteiger charge is -2.08. The molecule has 0 fully saturated rings. The van der Waals surface area contributed by atoms with E-state index in [9.17, 15) is 4.79 Å². The molecule has 136 valence electrons. The molecule has 0 saturated heterocycles. The van der Waals surface area contributed by atoms with Crippen LogP contribution in [0.3, 0.4) is 0 Å². The normalized spacial score (nSPS) is 10.4. The van der Waals surface area contributed by atoms with E-state index in [1.54, 1.807) is 42.5 Å². The maximum Gasteiger partial charge on any atom is 0.274 e. The van der Waals surface area contributed by atoms with E-state index in [1.807, 2.05) is 13.0 Å². The summed E-state index contributed by atoms with van der Waals surface area (Å²) in [7, 11) is 0. The zero-order valence-electron chi connectivity index (χ0n) is 14.8. The minimum absolute atomic E-state index is 0.326. The first-order valence-corrected chi connectivity index (χ1v) is 8.36. The Morgan fingerprint density at radius 1 is 1.21 bits per heavy atom. The molecule has 0 aliphatic heterocycles. The molecule has 2 heterocycles. The van der Waals surface area contributed by atoms with E-state index in [1.165, 1.54) is 11.0 Å². The monoisotopic (exact) mass is 370 g/mol. The number of hydrogen-bond acceptors (Lipinski definition) is 6. The Balaban J connectivity index is 1.60. The average Bonchev–Trinajstić information content (AvgIpc) is 3.38. The molecule has 0 atom stereocenters. The van der Waals surface area contributed by atoms with Crippen molar-refractivity contribution in [1.29, 1.82) is 5.26 Å². The molecule has 2 aromatic heterocycles. The quantitative estimate of drug-likeness (QED) is 0.568. The molecule has 0 bridgehead atoms. The highest BCUT2D eigenvalue weighted by atomic mass is 16.1. The number of benzene rings is 2. The Labute approximate surface area is 159 Å². The number of rotatable bonds is 4. The molecule has 0 unspecified atom stereocenters. The van der Waals surface area contributed by atoms with Crippen molar-refractivity contribution in [2.24, 2.45) is 0 Å². The third kappa shape index (κ3) is 3.22. The van der Waals surface area contributed by atoms with Gasteiger partial charge in [-0.15, -0.1) is 5.10 Å². The summed E-state index contributed by atoms with van der Waals surface area (Å²) in [6.07, 6.45) is 1.49. The smallest absolute Gasteiger partial charge is 0.274 e. The van der Waals surface area contributed by atoms with Crippen molar-refractivity contribution >= 4 is 11.6 Å². The molecule has 0 aliphatic rings. The van der Waals surface area contributed by atoms with E-state index in [2.05, 4.69) is 37.1 Å². The fraction of sp³-hybridized carbons (Fsp3) is 0.0526. The Kier molecular flexibility index (Phi) is 4.35. The number of carbonyl (C=O) groups excluding carboxylic acids is 1. The van der Waals surface area contributed by atoms with E-state index in [-0.39, 0.29) is 5.91 Å².